The first-order valence-corrected chi connectivity index (χ1v) is 8.64. The molecule has 1 aliphatic carbocycles. The molecule has 1 aromatic heterocycles. The number of likely N-dealkylation sites (tertiary alicyclic amines) is 1. The number of carbonyl (C=O) groups is 1. The van der Waals surface area contributed by atoms with E-state index in [0.29, 0.717) is 12.2 Å². The number of carbonyl (C=O) groups excluding carboxylic acids is 1. The molecule has 122 valence electrons. The lowest BCUT2D eigenvalue weighted by Gasteiger charge is -2.37. The lowest BCUT2D eigenvalue weighted by Crippen LogP contribution is -2.42. The summed E-state index contributed by atoms with van der Waals surface area (Å²) in [6.45, 7) is 7.76. The number of nitrogens with one attached hydrogen (secondary N) is 1. The summed E-state index contributed by atoms with van der Waals surface area (Å²) in [7, 11) is 0. The van der Waals surface area contributed by atoms with E-state index in [-0.39, 0.29) is 17.5 Å². The third-order valence-electron chi connectivity index (χ3n) is 5.45. The van der Waals surface area contributed by atoms with Crippen LogP contribution in [0.25, 0.3) is 6.08 Å². The van der Waals surface area contributed by atoms with E-state index in [4.69, 9.17) is 4.99 Å². The van der Waals surface area contributed by atoms with Crippen molar-refractivity contribution >= 4 is 11.9 Å². The quantitative estimate of drug-likeness (QED) is 0.915. The predicted molar refractivity (Wildman–Crippen MR) is 88.1 cm³/mol. The largest absolute Gasteiger partial charge is 0.369 e. The van der Waals surface area contributed by atoms with Crippen LogP contribution in [0, 0.1) is 5.92 Å². The van der Waals surface area contributed by atoms with Gasteiger partial charge in [0.05, 0.1) is 23.6 Å². The smallest absolute Gasteiger partial charge is 0.173 e. The van der Waals surface area contributed by atoms with E-state index in [1.165, 1.54) is 11.3 Å². The summed E-state index contributed by atoms with van der Waals surface area (Å²) in [6, 6.07) is -0.0532. The van der Waals surface area contributed by atoms with Crippen molar-refractivity contribution in [2.45, 2.75) is 58.0 Å². The van der Waals surface area contributed by atoms with Crippen LogP contribution >= 0.6 is 0 Å². The fourth-order valence-corrected chi connectivity index (χ4v) is 4.29. The summed E-state index contributed by atoms with van der Waals surface area (Å²) in [5, 5.41) is 0.969. The van der Waals surface area contributed by atoms with Crippen molar-refractivity contribution in [1.29, 1.82) is 0 Å². The number of nitrogens with zero attached hydrogens (tertiary/aromatic N) is 3. The SMILES string of the molecule is CCCCN1C2=C3C=c4[nH]cnc4=NC3CC(=O)C2CC1(C)C. The number of ketones is 1. The van der Waals surface area contributed by atoms with Crippen molar-refractivity contribution in [3.63, 3.8) is 0 Å². The Kier molecular flexibility index (Phi) is 3.22. The lowest BCUT2D eigenvalue weighted by molar-refractivity contribution is -0.122. The fraction of sp³-hybridized carbons (Fsp3) is 0.611. The highest BCUT2D eigenvalue weighted by molar-refractivity contribution is 5.89. The molecule has 1 fully saturated rings. The van der Waals surface area contributed by atoms with Gasteiger partial charge in [-0.15, -0.1) is 0 Å². The zero-order chi connectivity index (χ0) is 16.2. The predicted octanol–water partition coefficient (Wildman–Crippen LogP) is 1.32. The molecular weight excluding hydrogens is 288 g/mol. The van der Waals surface area contributed by atoms with E-state index in [2.05, 4.69) is 41.7 Å². The summed E-state index contributed by atoms with van der Waals surface area (Å²) in [5.41, 5.74) is 3.24. The van der Waals surface area contributed by atoms with Gasteiger partial charge in [-0.05, 0) is 38.3 Å². The van der Waals surface area contributed by atoms with E-state index in [1.807, 2.05) is 0 Å². The van der Waals surface area contributed by atoms with Gasteiger partial charge in [0.1, 0.15) is 5.78 Å². The molecule has 1 saturated heterocycles. The van der Waals surface area contributed by atoms with Crippen molar-refractivity contribution < 1.29 is 4.79 Å². The van der Waals surface area contributed by atoms with Crippen LogP contribution in [0.2, 0.25) is 0 Å². The molecule has 0 saturated carbocycles. The van der Waals surface area contributed by atoms with Crippen LogP contribution in [-0.4, -0.2) is 38.8 Å². The summed E-state index contributed by atoms with van der Waals surface area (Å²) >= 11 is 0. The fourth-order valence-electron chi connectivity index (χ4n) is 4.29. The number of hydrogen-bond donors (Lipinski definition) is 1. The Morgan fingerprint density at radius 3 is 3.04 bits per heavy atom. The van der Waals surface area contributed by atoms with Crippen LogP contribution in [0.3, 0.4) is 0 Å². The van der Waals surface area contributed by atoms with Crippen LogP contribution in [0.4, 0.5) is 0 Å². The Bertz CT molecular complexity index is 801. The molecule has 0 bridgehead atoms. The highest BCUT2D eigenvalue weighted by Crippen LogP contribution is 2.47. The molecule has 0 amide bonds. The molecule has 2 aliphatic heterocycles. The number of aromatic amines is 1. The highest BCUT2D eigenvalue weighted by Gasteiger charge is 2.49. The lowest BCUT2D eigenvalue weighted by atomic mass is 9.81. The number of aromatic nitrogens is 2. The minimum atomic E-state index is -0.0532. The van der Waals surface area contributed by atoms with E-state index < -0.39 is 0 Å². The Balaban J connectivity index is 1.89. The number of rotatable bonds is 3. The molecule has 1 aromatic rings. The van der Waals surface area contributed by atoms with Crippen LogP contribution in [0.15, 0.2) is 22.6 Å². The first-order chi connectivity index (χ1) is 11.0. The monoisotopic (exact) mass is 312 g/mol. The highest BCUT2D eigenvalue weighted by atomic mass is 16.1. The van der Waals surface area contributed by atoms with Gasteiger partial charge in [0, 0.05) is 24.2 Å². The maximum absolute atomic E-state index is 12.7. The van der Waals surface area contributed by atoms with Gasteiger partial charge in [-0.1, -0.05) is 13.3 Å². The number of allylic oxidation sites excluding steroid dienone is 1. The van der Waals surface area contributed by atoms with Crippen molar-refractivity contribution in [2.75, 3.05) is 6.54 Å². The number of hydrogen-bond acceptors (Lipinski definition) is 4. The van der Waals surface area contributed by atoms with Crippen molar-refractivity contribution in [1.82, 2.24) is 14.9 Å². The average molecular weight is 312 g/mol. The van der Waals surface area contributed by atoms with Crippen LogP contribution in [0.5, 0.6) is 0 Å². The van der Waals surface area contributed by atoms with Gasteiger partial charge in [0.2, 0.25) is 0 Å². The van der Waals surface area contributed by atoms with E-state index >= 15 is 0 Å². The maximum atomic E-state index is 12.7. The Morgan fingerprint density at radius 1 is 1.43 bits per heavy atom. The van der Waals surface area contributed by atoms with Crippen LogP contribution in [0.1, 0.15) is 46.5 Å². The zero-order valence-electron chi connectivity index (χ0n) is 14.1. The molecule has 2 atom stereocenters. The zero-order valence-corrected chi connectivity index (χ0v) is 14.1. The van der Waals surface area contributed by atoms with Gasteiger partial charge in [-0.25, -0.2) is 4.98 Å². The topological polar surface area (TPSA) is 61.4 Å². The van der Waals surface area contributed by atoms with Crippen molar-refractivity contribution in [3.8, 4) is 0 Å². The summed E-state index contributed by atoms with van der Waals surface area (Å²) in [6.07, 6.45) is 7.61. The second-order valence-electron chi connectivity index (χ2n) is 7.51. The average Bonchev–Trinajstić information content (AvgIpc) is 3.05. The Morgan fingerprint density at radius 2 is 2.26 bits per heavy atom. The first-order valence-electron chi connectivity index (χ1n) is 8.64. The van der Waals surface area contributed by atoms with E-state index in [9.17, 15) is 4.79 Å². The van der Waals surface area contributed by atoms with Gasteiger partial charge in [0.15, 0.2) is 5.49 Å². The molecule has 5 nitrogen and oxygen atoms in total. The van der Waals surface area contributed by atoms with Gasteiger partial charge in [-0.3, -0.25) is 9.79 Å². The second kappa shape index (κ2) is 5.05. The molecule has 0 radical (unpaired) electrons. The third-order valence-corrected chi connectivity index (χ3v) is 5.45. The molecule has 0 spiro atoms. The number of unbranched alkanes of at least 4 members (excludes halogenated alkanes) is 1. The maximum Gasteiger partial charge on any atom is 0.173 e. The van der Waals surface area contributed by atoms with Crippen molar-refractivity contribution in [2.24, 2.45) is 10.9 Å². The standard InChI is InChI=1S/C18H24N4O/c1-4-5-6-22-16-11-7-14-17(20-10-19-14)21-13(11)8-15(23)12(16)9-18(22,2)3/h7,10,12-13H,4-6,8-9H2,1-3H3,(H,19,20,21). The number of Topliss-reactive ketones (excluding diaryl/α,β-unsaturated/α-hetero) is 1. The Labute approximate surface area is 136 Å². The van der Waals surface area contributed by atoms with Gasteiger partial charge >= 0.3 is 0 Å². The van der Waals surface area contributed by atoms with Crippen LogP contribution in [-0.2, 0) is 4.79 Å². The minimum absolute atomic E-state index is 0.0365. The number of imidazole rings is 1. The van der Waals surface area contributed by atoms with Gasteiger partial charge in [-0.2, -0.15) is 0 Å². The molecular formula is C18H24N4O. The molecule has 4 rings (SSSR count). The number of fused-ring (bicyclic) bond motifs is 3. The molecule has 0 aromatic carbocycles. The van der Waals surface area contributed by atoms with Crippen LogP contribution < -0.4 is 10.8 Å². The normalized spacial score (nSPS) is 28.0. The first kappa shape index (κ1) is 14.7. The van der Waals surface area contributed by atoms with Gasteiger partial charge < -0.3 is 9.88 Å². The summed E-state index contributed by atoms with van der Waals surface area (Å²) in [5.74, 6) is 0.390. The minimum Gasteiger partial charge on any atom is -0.369 e. The molecule has 2 unspecified atom stereocenters. The third kappa shape index (κ3) is 2.17. The van der Waals surface area contributed by atoms with E-state index in [1.54, 1.807) is 6.33 Å². The molecule has 3 heterocycles. The molecule has 5 heteroatoms. The summed E-state index contributed by atoms with van der Waals surface area (Å²) < 4.78 is 0. The molecule has 23 heavy (non-hydrogen) atoms. The second-order valence-corrected chi connectivity index (χ2v) is 7.51. The molecule has 3 aliphatic rings. The summed E-state index contributed by atoms with van der Waals surface area (Å²) in [4.78, 5) is 27.3. The Hall–Kier alpha value is -1.91. The van der Waals surface area contributed by atoms with Crippen molar-refractivity contribution in [3.05, 3.63) is 28.4 Å². The number of H-pyrrole nitrogens is 1. The van der Waals surface area contributed by atoms with Gasteiger partial charge in [0.25, 0.3) is 0 Å². The molecule has 1 N–H and O–H groups in total. The van der Waals surface area contributed by atoms with E-state index in [0.717, 1.165) is 36.6 Å².